The number of ether oxygens (including phenoxy) is 1. The Bertz CT molecular complexity index is 505. The number of hydrogen-bond acceptors (Lipinski definition) is 2. The minimum Gasteiger partial charge on any atom is -0.372 e. The molecular formula is C13H16N2O2. The number of aromatic amines is 1. The largest absolute Gasteiger partial charge is 0.372 e. The van der Waals surface area contributed by atoms with Gasteiger partial charge in [0.1, 0.15) is 6.61 Å². The van der Waals surface area contributed by atoms with Gasteiger partial charge < -0.3 is 15.0 Å². The Morgan fingerprint density at radius 2 is 2.29 bits per heavy atom. The van der Waals surface area contributed by atoms with E-state index in [1.165, 1.54) is 0 Å². The number of nitrogens with one attached hydrogen (secondary N) is 2. The number of amides is 1. The second-order valence-corrected chi connectivity index (χ2v) is 3.88. The molecule has 1 aromatic carbocycles. The molecule has 4 heteroatoms. The van der Waals surface area contributed by atoms with E-state index in [1.807, 2.05) is 37.4 Å². The van der Waals surface area contributed by atoms with E-state index < -0.39 is 0 Å². The highest BCUT2D eigenvalue weighted by atomic mass is 16.5. The van der Waals surface area contributed by atoms with Crippen molar-refractivity contribution < 1.29 is 9.53 Å². The molecule has 2 rings (SSSR count). The molecule has 0 saturated carbocycles. The van der Waals surface area contributed by atoms with E-state index in [0.717, 1.165) is 23.0 Å². The molecule has 0 unspecified atom stereocenters. The van der Waals surface area contributed by atoms with Crippen LogP contribution in [0.15, 0.2) is 30.5 Å². The monoisotopic (exact) mass is 232 g/mol. The Hall–Kier alpha value is -1.81. The third-order valence-corrected chi connectivity index (χ3v) is 2.42. The van der Waals surface area contributed by atoms with Gasteiger partial charge in [0.25, 0.3) is 0 Å². The van der Waals surface area contributed by atoms with Gasteiger partial charge in [-0.05, 0) is 30.7 Å². The van der Waals surface area contributed by atoms with Gasteiger partial charge in [0, 0.05) is 29.4 Å². The van der Waals surface area contributed by atoms with Crippen LogP contribution in [0.1, 0.15) is 13.3 Å². The van der Waals surface area contributed by atoms with Gasteiger partial charge in [-0.3, -0.25) is 4.79 Å². The molecule has 0 bridgehead atoms. The maximum absolute atomic E-state index is 11.5. The first-order valence-electron chi connectivity index (χ1n) is 5.74. The van der Waals surface area contributed by atoms with Crippen molar-refractivity contribution >= 4 is 22.5 Å². The predicted octanol–water partition coefficient (Wildman–Crippen LogP) is 2.53. The van der Waals surface area contributed by atoms with E-state index in [0.29, 0.717) is 6.61 Å². The molecule has 0 aliphatic heterocycles. The molecule has 1 aromatic heterocycles. The van der Waals surface area contributed by atoms with E-state index in [1.54, 1.807) is 0 Å². The normalized spacial score (nSPS) is 10.6. The molecule has 0 aliphatic rings. The van der Waals surface area contributed by atoms with Crippen LogP contribution in [0.4, 0.5) is 5.69 Å². The van der Waals surface area contributed by atoms with Crippen molar-refractivity contribution in [2.75, 3.05) is 18.5 Å². The maximum Gasteiger partial charge on any atom is 0.250 e. The summed E-state index contributed by atoms with van der Waals surface area (Å²) >= 11 is 0. The van der Waals surface area contributed by atoms with Gasteiger partial charge in [0.2, 0.25) is 5.91 Å². The summed E-state index contributed by atoms with van der Waals surface area (Å²) in [6.07, 6.45) is 2.79. The highest BCUT2D eigenvalue weighted by molar-refractivity contribution is 5.94. The highest BCUT2D eigenvalue weighted by Crippen LogP contribution is 2.17. The van der Waals surface area contributed by atoms with Crippen LogP contribution >= 0.6 is 0 Å². The summed E-state index contributed by atoms with van der Waals surface area (Å²) in [4.78, 5) is 14.6. The molecule has 2 aromatic rings. The molecule has 0 fully saturated rings. The molecule has 0 atom stereocenters. The summed E-state index contributed by atoms with van der Waals surface area (Å²) in [6.45, 7) is 2.74. The maximum atomic E-state index is 11.5. The second kappa shape index (κ2) is 5.50. The average Bonchev–Trinajstić information content (AvgIpc) is 2.76. The van der Waals surface area contributed by atoms with Gasteiger partial charge in [-0.2, -0.15) is 0 Å². The van der Waals surface area contributed by atoms with E-state index in [4.69, 9.17) is 4.74 Å². The molecule has 1 heterocycles. The van der Waals surface area contributed by atoms with Crippen molar-refractivity contribution in [3.05, 3.63) is 30.5 Å². The minimum absolute atomic E-state index is 0.110. The number of rotatable bonds is 5. The Morgan fingerprint density at radius 3 is 3.12 bits per heavy atom. The van der Waals surface area contributed by atoms with Crippen LogP contribution in [0.2, 0.25) is 0 Å². The first-order chi connectivity index (χ1) is 8.29. The first-order valence-corrected chi connectivity index (χ1v) is 5.74. The second-order valence-electron chi connectivity index (χ2n) is 3.88. The first kappa shape index (κ1) is 11.7. The van der Waals surface area contributed by atoms with Gasteiger partial charge in [-0.1, -0.05) is 6.92 Å². The summed E-state index contributed by atoms with van der Waals surface area (Å²) < 4.78 is 5.17. The fraction of sp³-hybridized carbons (Fsp3) is 0.308. The summed E-state index contributed by atoms with van der Waals surface area (Å²) in [5.41, 5.74) is 1.85. The van der Waals surface area contributed by atoms with Crippen LogP contribution in [0.25, 0.3) is 10.9 Å². The topological polar surface area (TPSA) is 54.1 Å². The highest BCUT2D eigenvalue weighted by Gasteiger charge is 2.03. The van der Waals surface area contributed by atoms with Crippen LogP contribution in [-0.4, -0.2) is 24.1 Å². The van der Waals surface area contributed by atoms with Crippen LogP contribution in [0.3, 0.4) is 0 Å². The van der Waals surface area contributed by atoms with E-state index >= 15 is 0 Å². The summed E-state index contributed by atoms with van der Waals surface area (Å²) in [5.74, 6) is -0.117. The molecule has 0 spiro atoms. The molecule has 90 valence electrons. The van der Waals surface area contributed by atoms with Crippen LogP contribution in [0.5, 0.6) is 0 Å². The van der Waals surface area contributed by atoms with Crippen molar-refractivity contribution in [3.8, 4) is 0 Å². The lowest BCUT2D eigenvalue weighted by molar-refractivity contribution is -0.120. The van der Waals surface area contributed by atoms with Crippen molar-refractivity contribution in [2.45, 2.75) is 13.3 Å². The zero-order valence-electron chi connectivity index (χ0n) is 9.82. The molecule has 0 aliphatic carbocycles. The predicted molar refractivity (Wildman–Crippen MR) is 68.0 cm³/mol. The molecule has 0 radical (unpaired) electrons. The lowest BCUT2D eigenvalue weighted by Crippen LogP contribution is -2.18. The summed E-state index contributed by atoms with van der Waals surface area (Å²) in [7, 11) is 0. The van der Waals surface area contributed by atoms with Gasteiger partial charge >= 0.3 is 0 Å². The Balaban J connectivity index is 1.95. The van der Waals surface area contributed by atoms with Gasteiger partial charge in [-0.15, -0.1) is 0 Å². The number of carbonyl (C=O) groups is 1. The number of H-pyrrole nitrogens is 1. The molecular weight excluding hydrogens is 216 g/mol. The number of benzene rings is 1. The smallest absolute Gasteiger partial charge is 0.250 e. The number of fused-ring (bicyclic) bond motifs is 1. The zero-order valence-corrected chi connectivity index (χ0v) is 9.82. The van der Waals surface area contributed by atoms with Crippen molar-refractivity contribution in [1.29, 1.82) is 0 Å². The quantitative estimate of drug-likeness (QED) is 0.778. The fourth-order valence-electron chi connectivity index (χ4n) is 1.64. The zero-order chi connectivity index (χ0) is 12.1. The fourth-order valence-corrected chi connectivity index (χ4v) is 1.64. The molecule has 1 amide bonds. The van der Waals surface area contributed by atoms with E-state index in [-0.39, 0.29) is 12.5 Å². The van der Waals surface area contributed by atoms with Crippen LogP contribution in [0, 0.1) is 0 Å². The third-order valence-electron chi connectivity index (χ3n) is 2.42. The summed E-state index contributed by atoms with van der Waals surface area (Å²) in [6, 6.07) is 7.72. The molecule has 17 heavy (non-hydrogen) atoms. The van der Waals surface area contributed by atoms with Crippen molar-refractivity contribution in [1.82, 2.24) is 4.98 Å². The lowest BCUT2D eigenvalue weighted by Gasteiger charge is -2.05. The van der Waals surface area contributed by atoms with Crippen LogP contribution < -0.4 is 5.32 Å². The van der Waals surface area contributed by atoms with Crippen LogP contribution in [-0.2, 0) is 9.53 Å². The average molecular weight is 232 g/mol. The summed E-state index contributed by atoms with van der Waals surface area (Å²) in [5, 5.41) is 3.89. The SMILES string of the molecule is CCCOCC(=O)Nc1ccc2[nH]ccc2c1. The number of carbonyl (C=O) groups excluding carboxylic acids is 1. The molecule has 0 saturated heterocycles. The number of anilines is 1. The third kappa shape index (κ3) is 3.07. The van der Waals surface area contributed by atoms with Crippen molar-refractivity contribution in [2.24, 2.45) is 0 Å². The Kier molecular flexibility index (Phi) is 3.77. The van der Waals surface area contributed by atoms with Gasteiger partial charge in [-0.25, -0.2) is 0 Å². The number of aromatic nitrogens is 1. The van der Waals surface area contributed by atoms with E-state index in [9.17, 15) is 4.79 Å². The van der Waals surface area contributed by atoms with Gasteiger partial charge in [0.15, 0.2) is 0 Å². The standard InChI is InChI=1S/C13H16N2O2/c1-2-7-17-9-13(16)15-11-3-4-12-10(8-11)5-6-14-12/h3-6,8,14H,2,7,9H2,1H3,(H,15,16). The van der Waals surface area contributed by atoms with E-state index in [2.05, 4.69) is 10.3 Å². The molecule has 4 nitrogen and oxygen atoms in total. The lowest BCUT2D eigenvalue weighted by atomic mass is 10.2. The Labute approximate surface area is 100.0 Å². The molecule has 2 N–H and O–H groups in total. The van der Waals surface area contributed by atoms with Gasteiger partial charge in [0.05, 0.1) is 0 Å². The van der Waals surface area contributed by atoms with Crippen molar-refractivity contribution in [3.63, 3.8) is 0 Å². The Morgan fingerprint density at radius 1 is 1.41 bits per heavy atom. The number of hydrogen-bond donors (Lipinski definition) is 2. The minimum atomic E-state index is -0.117.